The van der Waals surface area contributed by atoms with Gasteiger partial charge in [0.05, 0.1) is 12.2 Å². The maximum atomic E-state index is 11.9. The maximum absolute atomic E-state index is 11.9. The molecule has 20 heavy (non-hydrogen) atoms. The normalized spacial score (nSPS) is 9.70. The van der Waals surface area contributed by atoms with E-state index in [0.29, 0.717) is 11.3 Å². The number of nitrogens with zero attached hydrogens (tertiary/aromatic N) is 3. The van der Waals surface area contributed by atoms with Crippen molar-refractivity contribution in [2.45, 2.75) is 20.4 Å². The van der Waals surface area contributed by atoms with Crippen molar-refractivity contribution in [1.82, 2.24) is 20.4 Å². The molecule has 106 valence electrons. The molecule has 0 unspecified atom stereocenters. The first-order valence-corrected chi connectivity index (χ1v) is 5.86. The SMILES string of the molecule is CNC(=O)CNC(=O)Cn1nc(C)c(C)c(C#N)c1=O. The van der Waals surface area contributed by atoms with Crippen LogP contribution in [0.15, 0.2) is 4.79 Å². The zero-order valence-electron chi connectivity index (χ0n) is 11.5. The molecule has 0 bridgehead atoms. The van der Waals surface area contributed by atoms with Crippen LogP contribution >= 0.6 is 0 Å². The van der Waals surface area contributed by atoms with Gasteiger partial charge in [0, 0.05) is 7.05 Å². The second kappa shape index (κ2) is 6.47. The lowest BCUT2D eigenvalue weighted by atomic mass is 10.1. The highest BCUT2D eigenvalue weighted by molar-refractivity contribution is 5.84. The summed E-state index contributed by atoms with van der Waals surface area (Å²) in [6.07, 6.45) is 0. The van der Waals surface area contributed by atoms with Crippen LogP contribution in [0.1, 0.15) is 16.8 Å². The number of hydrogen-bond acceptors (Lipinski definition) is 5. The zero-order chi connectivity index (χ0) is 15.3. The molecule has 8 nitrogen and oxygen atoms in total. The number of likely N-dealkylation sites (N-methyl/N-ethyl adjacent to an activating group) is 1. The Kier molecular flexibility index (Phi) is 4.97. The molecule has 1 aromatic heterocycles. The van der Waals surface area contributed by atoms with Crippen molar-refractivity contribution in [3.8, 4) is 6.07 Å². The maximum Gasteiger partial charge on any atom is 0.285 e. The highest BCUT2D eigenvalue weighted by atomic mass is 16.2. The predicted molar refractivity (Wildman–Crippen MR) is 69.8 cm³/mol. The van der Waals surface area contributed by atoms with E-state index in [1.807, 2.05) is 6.07 Å². The highest BCUT2D eigenvalue weighted by Crippen LogP contribution is 2.04. The number of nitriles is 1. The average Bonchev–Trinajstić information content (AvgIpc) is 2.42. The minimum atomic E-state index is -0.620. The van der Waals surface area contributed by atoms with Crippen molar-refractivity contribution >= 4 is 11.8 Å². The van der Waals surface area contributed by atoms with Crippen LogP contribution in [-0.2, 0) is 16.1 Å². The van der Waals surface area contributed by atoms with Gasteiger partial charge in [-0.15, -0.1) is 0 Å². The van der Waals surface area contributed by atoms with Crippen LogP contribution in [0.4, 0.5) is 0 Å². The lowest BCUT2D eigenvalue weighted by molar-refractivity contribution is -0.126. The standard InChI is InChI=1S/C12H15N5O3/c1-7-8(2)16-17(12(20)9(7)4-13)6-11(19)15-5-10(18)14-3/h5-6H2,1-3H3,(H,14,18)(H,15,19). The van der Waals surface area contributed by atoms with E-state index in [9.17, 15) is 14.4 Å². The average molecular weight is 277 g/mol. The van der Waals surface area contributed by atoms with Crippen molar-refractivity contribution in [3.05, 3.63) is 27.2 Å². The monoisotopic (exact) mass is 277 g/mol. The molecule has 0 saturated carbocycles. The van der Waals surface area contributed by atoms with Gasteiger partial charge < -0.3 is 10.6 Å². The quantitative estimate of drug-likeness (QED) is 0.701. The summed E-state index contributed by atoms with van der Waals surface area (Å²) in [4.78, 5) is 34.5. The Bertz CT molecular complexity index is 642. The summed E-state index contributed by atoms with van der Waals surface area (Å²) in [6, 6.07) is 1.81. The number of nitrogens with one attached hydrogen (secondary N) is 2. The van der Waals surface area contributed by atoms with Gasteiger partial charge in [-0.25, -0.2) is 4.68 Å². The van der Waals surface area contributed by atoms with Gasteiger partial charge in [-0.3, -0.25) is 14.4 Å². The molecule has 1 heterocycles. The van der Waals surface area contributed by atoms with Crippen LogP contribution in [0.2, 0.25) is 0 Å². The Morgan fingerprint density at radius 2 is 2.00 bits per heavy atom. The lowest BCUT2D eigenvalue weighted by Crippen LogP contribution is -2.39. The van der Waals surface area contributed by atoms with Crippen LogP contribution < -0.4 is 16.2 Å². The summed E-state index contributed by atoms with van der Waals surface area (Å²) in [5.41, 5.74) is 0.349. The van der Waals surface area contributed by atoms with Crippen molar-refractivity contribution in [2.75, 3.05) is 13.6 Å². The molecular weight excluding hydrogens is 262 g/mol. The van der Waals surface area contributed by atoms with Crippen molar-refractivity contribution in [3.63, 3.8) is 0 Å². The smallest absolute Gasteiger partial charge is 0.285 e. The molecule has 1 rings (SSSR count). The fraction of sp³-hybridized carbons (Fsp3) is 0.417. The van der Waals surface area contributed by atoms with Gasteiger partial charge in [0.15, 0.2) is 0 Å². The van der Waals surface area contributed by atoms with Gasteiger partial charge in [-0.2, -0.15) is 10.4 Å². The molecule has 2 N–H and O–H groups in total. The van der Waals surface area contributed by atoms with E-state index < -0.39 is 11.5 Å². The van der Waals surface area contributed by atoms with Crippen molar-refractivity contribution in [1.29, 1.82) is 5.26 Å². The van der Waals surface area contributed by atoms with E-state index in [1.165, 1.54) is 7.05 Å². The highest BCUT2D eigenvalue weighted by Gasteiger charge is 2.14. The van der Waals surface area contributed by atoms with Crippen LogP contribution in [0.25, 0.3) is 0 Å². The molecule has 0 aliphatic heterocycles. The lowest BCUT2D eigenvalue weighted by Gasteiger charge is -2.09. The zero-order valence-corrected chi connectivity index (χ0v) is 11.5. The molecule has 0 aromatic carbocycles. The van der Waals surface area contributed by atoms with Gasteiger partial charge >= 0.3 is 0 Å². The fourth-order valence-electron chi connectivity index (χ4n) is 1.47. The van der Waals surface area contributed by atoms with Gasteiger partial charge in [-0.05, 0) is 19.4 Å². The summed E-state index contributed by atoms with van der Waals surface area (Å²) in [5.74, 6) is -0.883. The van der Waals surface area contributed by atoms with Crippen LogP contribution in [0.5, 0.6) is 0 Å². The Balaban J connectivity index is 2.92. The fourth-order valence-corrected chi connectivity index (χ4v) is 1.47. The summed E-state index contributed by atoms with van der Waals surface area (Å²) >= 11 is 0. The molecule has 0 spiro atoms. The molecule has 0 atom stereocenters. The van der Waals surface area contributed by atoms with Gasteiger partial charge in [0.1, 0.15) is 18.2 Å². The number of amides is 2. The number of aryl methyl sites for hydroxylation is 1. The number of hydrogen-bond donors (Lipinski definition) is 2. The van der Waals surface area contributed by atoms with E-state index in [0.717, 1.165) is 4.68 Å². The summed E-state index contributed by atoms with van der Waals surface area (Å²) < 4.78 is 0.917. The first-order valence-electron chi connectivity index (χ1n) is 5.86. The first-order chi connectivity index (χ1) is 9.40. The Hall–Kier alpha value is -2.69. The van der Waals surface area contributed by atoms with Crippen LogP contribution in [0.3, 0.4) is 0 Å². The Morgan fingerprint density at radius 1 is 1.35 bits per heavy atom. The van der Waals surface area contributed by atoms with E-state index in [-0.39, 0.29) is 24.6 Å². The minimum Gasteiger partial charge on any atom is -0.358 e. The van der Waals surface area contributed by atoms with Gasteiger partial charge in [0.25, 0.3) is 5.56 Å². The van der Waals surface area contributed by atoms with E-state index in [1.54, 1.807) is 13.8 Å². The molecule has 2 amide bonds. The van der Waals surface area contributed by atoms with E-state index in [2.05, 4.69) is 15.7 Å². The second-order valence-corrected chi connectivity index (χ2v) is 4.11. The summed E-state index contributed by atoms with van der Waals surface area (Å²) in [5, 5.41) is 17.6. The van der Waals surface area contributed by atoms with Crippen LogP contribution in [0, 0.1) is 25.2 Å². The third-order valence-electron chi connectivity index (χ3n) is 2.77. The summed E-state index contributed by atoms with van der Waals surface area (Å²) in [6.45, 7) is 2.75. The van der Waals surface area contributed by atoms with Gasteiger partial charge in [-0.1, -0.05) is 0 Å². The molecule has 0 aliphatic rings. The molecule has 0 saturated heterocycles. The van der Waals surface area contributed by atoms with E-state index >= 15 is 0 Å². The molecule has 0 radical (unpaired) electrons. The molecule has 1 aromatic rings. The predicted octanol–water partition coefficient (Wildman–Crippen LogP) is -1.41. The largest absolute Gasteiger partial charge is 0.358 e. The van der Waals surface area contributed by atoms with E-state index in [4.69, 9.17) is 5.26 Å². The Morgan fingerprint density at radius 3 is 2.55 bits per heavy atom. The van der Waals surface area contributed by atoms with Crippen LogP contribution in [-0.4, -0.2) is 35.2 Å². The third-order valence-corrected chi connectivity index (χ3v) is 2.77. The second-order valence-electron chi connectivity index (χ2n) is 4.11. The van der Waals surface area contributed by atoms with Crippen molar-refractivity contribution in [2.24, 2.45) is 0 Å². The first kappa shape index (κ1) is 15.4. The Labute approximate surface area is 115 Å². The molecule has 0 aliphatic carbocycles. The molecule has 8 heteroatoms. The number of carbonyl (C=O) groups is 2. The number of aromatic nitrogens is 2. The summed E-state index contributed by atoms with van der Waals surface area (Å²) in [7, 11) is 1.45. The minimum absolute atomic E-state index is 0.0309. The third kappa shape index (κ3) is 3.41. The molecule has 0 fully saturated rings. The van der Waals surface area contributed by atoms with Crippen molar-refractivity contribution < 1.29 is 9.59 Å². The number of rotatable bonds is 4. The topological polar surface area (TPSA) is 117 Å². The number of carbonyl (C=O) groups excluding carboxylic acids is 2. The van der Waals surface area contributed by atoms with Gasteiger partial charge in [0.2, 0.25) is 11.8 Å². The molecular formula is C12H15N5O3.